The lowest BCUT2D eigenvalue weighted by Gasteiger charge is -2.26. The molecule has 1 aliphatic rings. The first-order valence-electron chi connectivity index (χ1n) is 12.9. The van der Waals surface area contributed by atoms with E-state index in [-0.39, 0.29) is 23.2 Å². The van der Waals surface area contributed by atoms with Crippen molar-refractivity contribution in [3.05, 3.63) is 100 Å². The number of anilines is 1. The number of aliphatic hydroxyl groups is 1. The SMILES string of the molecule is CCc1ccc(C2/C(=C(/O)c3ccc(OC)c(C(C)(C)C)c3)C(=O)C(=O)N2c2ccc(CC(=O)O)cc2)cc1. The van der Waals surface area contributed by atoms with Crippen LogP contribution in [0.15, 0.2) is 72.3 Å². The highest BCUT2D eigenvalue weighted by molar-refractivity contribution is 6.51. The van der Waals surface area contributed by atoms with Gasteiger partial charge in [0.05, 0.1) is 25.1 Å². The summed E-state index contributed by atoms with van der Waals surface area (Å²) in [5, 5.41) is 20.7. The van der Waals surface area contributed by atoms with Crippen LogP contribution in [-0.2, 0) is 32.6 Å². The number of aliphatic hydroxyl groups excluding tert-OH is 1. The highest BCUT2D eigenvalue weighted by Gasteiger charge is 2.47. The average molecular weight is 528 g/mol. The highest BCUT2D eigenvalue weighted by Crippen LogP contribution is 2.43. The lowest BCUT2D eigenvalue weighted by molar-refractivity contribution is -0.136. The smallest absolute Gasteiger partial charge is 0.307 e. The van der Waals surface area contributed by atoms with E-state index in [2.05, 4.69) is 0 Å². The molecule has 0 bridgehead atoms. The van der Waals surface area contributed by atoms with Gasteiger partial charge in [0.15, 0.2) is 0 Å². The second-order valence-corrected chi connectivity index (χ2v) is 10.7. The van der Waals surface area contributed by atoms with Gasteiger partial charge in [0.1, 0.15) is 11.5 Å². The minimum Gasteiger partial charge on any atom is -0.507 e. The van der Waals surface area contributed by atoms with Crippen LogP contribution >= 0.6 is 0 Å². The highest BCUT2D eigenvalue weighted by atomic mass is 16.5. The van der Waals surface area contributed by atoms with Gasteiger partial charge in [-0.1, -0.05) is 64.1 Å². The number of hydrogen-bond acceptors (Lipinski definition) is 5. The fourth-order valence-corrected chi connectivity index (χ4v) is 4.90. The topological polar surface area (TPSA) is 104 Å². The van der Waals surface area contributed by atoms with Crippen LogP contribution in [0.25, 0.3) is 5.76 Å². The van der Waals surface area contributed by atoms with Gasteiger partial charge in [-0.3, -0.25) is 19.3 Å². The van der Waals surface area contributed by atoms with Crippen molar-refractivity contribution in [1.29, 1.82) is 0 Å². The number of carboxylic acids is 1. The summed E-state index contributed by atoms with van der Waals surface area (Å²) in [7, 11) is 1.58. The van der Waals surface area contributed by atoms with Crippen LogP contribution in [0.1, 0.15) is 61.6 Å². The van der Waals surface area contributed by atoms with E-state index in [0.29, 0.717) is 28.1 Å². The number of aryl methyl sites for hydroxylation is 1. The molecule has 1 unspecified atom stereocenters. The van der Waals surface area contributed by atoms with Gasteiger partial charge in [-0.15, -0.1) is 0 Å². The van der Waals surface area contributed by atoms with E-state index in [4.69, 9.17) is 9.84 Å². The largest absolute Gasteiger partial charge is 0.507 e. The molecule has 0 radical (unpaired) electrons. The molecule has 1 atom stereocenters. The predicted octanol–water partition coefficient (Wildman–Crippen LogP) is 5.81. The second-order valence-electron chi connectivity index (χ2n) is 10.7. The van der Waals surface area contributed by atoms with Gasteiger partial charge < -0.3 is 14.9 Å². The van der Waals surface area contributed by atoms with Gasteiger partial charge in [-0.05, 0) is 58.9 Å². The van der Waals surface area contributed by atoms with Crippen LogP contribution in [0.3, 0.4) is 0 Å². The van der Waals surface area contributed by atoms with Gasteiger partial charge in [0.25, 0.3) is 11.7 Å². The maximum Gasteiger partial charge on any atom is 0.307 e. The van der Waals surface area contributed by atoms with Crippen molar-refractivity contribution in [3.8, 4) is 5.75 Å². The van der Waals surface area contributed by atoms with Crippen LogP contribution in [0.2, 0.25) is 0 Å². The fourth-order valence-electron chi connectivity index (χ4n) is 4.90. The van der Waals surface area contributed by atoms with E-state index < -0.39 is 23.7 Å². The summed E-state index contributed by atoms with van der Waals surface area (Å²) in [6, 6.07) is 18.5. The van der Waals surface area contributed by atoms with Gasteiger partial charge in [0, 0.05) is 16.8 Å². The molecule has 3 aromatic carbocycles. The van der Waals surface area contributed by atoms with Crippen molar-refractivity contribution >= 4 is 29.1 Å². The van der Waals surface area contributed by atoms with Gasteiger partial charge in [0.2, 0.25) is 0 Å². The molecule has 1 heterocycles. The molecule has 0 spiro atoms. The monoisotopic (exact) mass is 527 g/mol. The minimum absolute atomic E-state index is 0.0103. The number of ether oxygens (including phenoxy) is 1. The Morgan fingerprint density at radius 1 is 0.923 bits per heavy atom. The van der Waals surface area contributed by atoms with Crippen molar-refractivity contribution in [1.82, 2.24) is 0 Å². The number of carbonyl (C=O) groups is 3. The van der Waals surface area contributed by atoms with Crippen molar-refractivity contribution in [2.75, 3.05) is 12.0 Å². The quantitative estimate of drug-likeness (QED) is 0.228. The molecule has 3 aromatic rings. The molecule has 1 aliphatic heterocycles. The molecule has 2 N–H and O–H groups in total. The van der Waals surface area contributed by atoms with E-state index in [1.54, 1.807) is 49.6 Å². The molecule has 7 nitrogen and oxygen atoms in total. The Balaban J connectivity index is 1.91. The van der Waals surface area contributed by atoms with Gasteiger partial charge in [-0.25, -0.2) is 0 Å². The number of rotatable bonds is 7. The predicted molar refractivity (Wildman–Crippen MR) is 150 cm³/mol. The standard InChI is InChI=1S/C32H33NO6/c1-6-19-7-11-21(12-8-19)28-27(29(36)22-13-16-25(39-5)24(18-22)32(2,3)4)30(37)31(38)33(28)23-14-9-20(10-15-23)17-26(34)35/h7-16,18,28,36H,6,17H2,1-5H3,(H,34,35)/b29-27-. The Labute approximate surface area is 228 Å². The van der Waals surface area contributed by atoms with E-state index in [9.17, 15) is 19.5 Å². The Kier molecular flexibility index (Phi) is 7.63. The molecule has 1 saturated heterocycles. The number of carboxylic acid groups (broad SMARTS) is 1. The molecule has 4 rings (SSSR count). The zero-order valence-corrected chi connectivity index (χ0v) is 22.8. The first kappa shape index (κ1) is 27.6. The molecular weight excluding hydrogens is 494 g/mol. The zero-order valence-electron chi connectivity index (χ0n) is 22.8. The lowest BCUT2D eigenvalue weighted by atomic mass is 9.84. The molecular formula is C32H33NO6. The van der Waals surface area contributed by atoms with Gasteiger partial charge in [-0.2, -0.15) is 0 Å². The summed E-state index contributed by atoms with van der Waals surface area (Å²) >= 11 is 0. The number of amides is 1. The van der Waals surface area contributed by atoms with Crippen LogP contribution in [0.4, 0.5) is 5.69 Å². The number of nitrogens with zero attached hydrogens (tertiary/aromatic N) is 1. The summed E-state index contributed by atoms with van der Waals surface area (Å²) in [6.07, 6.45) is 0.668. The molecule has 0 aliphatic carbocycles. The third kappa shape index (κ3) is 5.43. The normalized spacial score (nSPS) is 16.9. The number of aliphatic carboxylic acids is 1. The Hall–Kier alpha value is -4.39. The summed E-state index contributed by atoms with van der Waals surface area (Å²) in [5.41, 5.74) is 3.71. The molecule has 39 heavy (non-hydrogen) atoms. The Morgan fingerprint density at radius 3 is 2.08 bits per heavy atom. The number of methoxy groups -OCH3 is 1. The number of ketones is 1. The minimum atomic E-state index is -0.965. The molecule has 7 heteroatoms. The summed E-state index contributed by atoms with van der Waals surface area (Å²) in [5.74, 6) is -2.13. The van der Waals surface area contributed by atoms with Crippen LogP contribution in [-0.4, -0.2) is 35.0 Å². The summed E-state index contributed by atoms with van der Waals surface area (Å²) in [4.78, 5) is 39.5. The van der Waals surface area contributed by atoms with Crippen molar-refractivity contribution in [2.45, 2.75) is 52.0 Å². The molecule has 1 amide bonds. The van der Waals surface area contributed by atoms with Crippen LogP contribution in [0, 0.1) is 0 Å². The molecule has 0 saturated carbocycles. The maximum absolute atomic E-state index is 13.5. The number of benzene rings is 3. The van der Waals surface area contributed by atoms with E-state index in [1.165, 1.54) is 4.90 Å². The fraction of sp³-hybridized carbons (Fsp3) is 0.281. The zero-order chi connectivity index (χ0) is 28.5. The number of carbonyl (C=O) groups excluding carboxylic acids is 2. The lowest BCUT2D eigenvalue weighted by Crippen LogP contribution is -2.29. The third-order valence-corrected chi connectivity index (χ3v) is 7.00. The number of hydrogen-bond donors (Lipinski definition) is 2. The number of Topliss-reactive ketones (excluding diaryl/α,β-unsaturated/α-hetero) is 1. The third-order valence-electron chi connectivity index (χ3n) is 7.00. The molecule has 1 fully saturated rings. The van der Waals surface area contributed by atoms with Gasteiger partial charge >= 0.3 is 5.97 Å². The van der Waals surface area contributed by atoms with Crippen LogP contribution < -0.4 is 9.64 Å². The molecule has 0 aromatic heterocycles. The van der Waals surface area contributed by atoms with Crippen molar-refractivity contribution in [2.24, 2.45) is 0 Å². The average Bonchev–Trinajstić information content (AvgIpc) is 3.17. The second kappa shape index (κ2) is 10.8. The maximum atomic E-state index is 13.5. The Bertz CT molecular complexity index is 1450. The van der Waals surface area contributed by atoms with E-state index in [0.717, 1.165) is 17.5 Å². The first-order chi connectivity index (χ1) is 18.5. The Morgan fingerprint density at radius 2 is 1.54 bits per heavy atom. The van der Waals surface area contributed by atoms with E-state index >= 15 is 0 Å². The summed E-state index contributed by atoms with van der Waals surface area (Å²) < 4.78 is 5.53. The van der Waals surface area contributed by atoms with Crippen LogP contribution in [0.5, 0.6) is 5.75 Å². The summed E-state index contributed by atoms with van der Waals surface area (Å²) in [6.45, 7) is 8.11. The van der Waals surface area contributed by atoms with Crippen molar-refractivity contribution < 1.29 is 29.3 Å². The van der Waals surface area contributed by atoms with Crippen molar-refractivity contribution in [3.63, 3.8) is 0 Å². The first-order valence-corrected chi connectivity index (χ1v) is 12.9. The van der Waals surface area contributed by atoms with E-state index in [1.807, 2.05) is 52.0 Å². The molecule has 202 valence electrons.